The zero-order valence-corrected chi connectivity index (χ0v) is 12.5. The molecule has 3 nitrogen and oxygen atoms in total. The summed E-state index contributed by atoms with van der Waals surface area (Å²) in [6, 6.07) is 8.47. The van der Waals surface area contributed by atoms with Crippen molar-refractivity contribution in [2.24, 2.45) is 0 Å². The average molecular weight is 313 g/mol. The predicted octanol–water partition coefficient (Wildman–Crippen LogP) is 2.60. The first-order chi connectivity index (χ1) is 8.79. The summed E-state index contributed by atoms with van der Waals surface area (Å²) in [4.78, 5) is 4.80. The van der Waals surface area contributed by atoms with Crippen molar-refractivity contribution >= 4 is 21.6 Å². The molecule has 1 aromatic carbocycles. The van der Waals surface area contributed by atoms with E-state index in [4.69, 9.17) is 4.74 Å². The van der Waals surface area contributed by atoms with Crippen LogP contribution in [-0.4, -0.2) is 50.1 Å². The minimum atomic E-state index is 0.777. The molecule has 0 atom stereocenters. The van der Waals surface area contributed by atoms with Crippen LogP contribution >= 0.6 is 15.9 Å². The first-order valence-electron chi connectivity index (χ1n) is 6.52. The minimum Gasteiger partial charge on any atom is -0.494 e. The molecular weight excluding hydrogens is 292 g/mol. The van der Waals surface area contributed by atoms with Crippen LogP contribution in [0.5, 0.6) is 5.75 Å². The standard InChI is InChI=1S/C14H21BrN2O/c1-16-8-10-17(11-9-16)13-3-5-14(6-4-13)18-12-2-7-15/h3-6H,2,7-12H2,1H3. The first kappa shape index (κ1) is 13.7. The summed E-state index contributed by atoms with van der Waals surface area (Å²) in [5, 5.41) is 0.992. The number of nitrogens with zero attached hydrogens (tertiary/aromatic N) is 2. The molecular formula is C14H21BrN2O. The summed E-state index contributed by atoms with van der Waals surface area (Å²) in [7, 11) is 2.18. The van der Waals surface area contributed by atoms with Gasteiger partial charge in [0, 0.05) is 37.2 Å². The Hall–Kier alpha value is -0.740. The summed E-state index contributed by atoms with van der Waals surface area (Å²) < 4.78 is 5.65. The van der Waals surface area contributed by atoms with Gasteiger partial charge in [0.15, 0.2) is 0 Å². The molecule has 100 valence electrons. The molecule has 1 fully saturated rings. The van der Waals surface area contributed by atoms with Gasteiger partial charge in [-0.25, -0.2) is 0 Å². The third-order valence-corrected chi connectivity index (χ3v) is 3.81. The van der Waals surface area contributed by atoms with Crippen LogP contribution in [0.4, 0.5) is 5.69 Å². The van der Waals surface area contributed by atoms with Crippen LogP contribution in [0.3, 0.4) is 0 Å². The first-order valence-corrected chi connectivity index (χ1v) is 7.64. The largest absolute Gasteiger partial charge is 0.494 e. The van der Waals surface area contributed by atoms with Gasteiger partial charge in [0.05, 0.1) is 6.61 Å². The molecule has 0 N–H and O–H groups in total. The van der Waals surface area contributed by atoms with Gasteiger partial charge < -0.3 is 14.5 Å². The van der Waals surface area contributed by atoms with E-state index in [2.05, 4.69) is 57.0 Å². The molecule has 18 heavy (non-hydrogen) atoms. The molecule has 1 aliphatic heterocycles. The predicted molar refractivity (Wildman–Crippen MR) is 80.1 cm³/mol. The van der Waals surface area contributed by atoms with Crippen LogP contribution in [0.15, 0.2) is 24.3 Å². The minimum absolute atomic E-state index is 0.777. The quantitative estimate of drug-likeness (QED) is 0.614. The van der Waals surface area contributed by atoms with Gasteiger partial charge in [-0.05, 0) is 37.7 Å². The summed E-state index contributed by atoms with van der Waals surface area (Å²) in [5.74, 6) is 0.967. The Labute approximate surface area is 118 Å². The maximum Gasteiger partial charge on any atom is 0.119 e. The molecule has 0 aliphatic carbocycles. The van der Waals surface area contributed by atoms with E-state index in [-0.39, 0.29) is 0 Å². The zero-order chi connectivity index (χ0) is 12.8. The highest BCUT2D eigenvalue weighted by Crippen LogP contribution is 2.20. The van der Waals surface area contributed by atoms with Crippen molar-refractivity contribution < 1.29 is 4.74 Å². The second kappa shape index (κ2) is 7.00. The molecule has 2 rings (SSSR count). The van der Waals surface area contributed by atoms with Crippen LogP contribution in [0.1, 0.15) is 6.42 Å². The number of alkyl halides is 1. The number of likely N-dealkylation sites (N-methyl/N-ethyl adjacent to an activating group) is 1. The van der Waals surface area contributed by atoms with Gasteiger partial charge in [0.25, 0.3) is 0 Å². The highest BCUT2D eigenvalue weighted by Gasteiger charge is 2.13. The normalized spacial score (nSPS) is 16.9. The smallest absolute Gasteiger partial charge is 0.119 e. The second-order valence-corrected chi connectivity index (χ2v) is 5.47. The van der Waals surface area contributed by atoms with E-state index >= 15 is 0 Å². The molecule has 1 aromatic rings. The van der Waals surface area contributed by atoms with Gasteiger partial charge >= 0.3 is 0 Å². The lowest BCUT2D eigenvalue weighted by Crippen LogP contribution is -2.44. The van der Waals surface area contributed by atoms with Crippen molar-refractivity contribution in [3.63, 3.8) is 0 Å². The van der Waals surface area contributed by atoms with Gasteiger partial charge in [-0.1, -0.05) is 15.9 Å². The highest BCUT2D eigenvalue weighted by molar-refractivity contribution is 9.09. The number of benzene rings is 1. The van der Waals surface area contributed by atoms with E-state index in [0.29, 0.717) is 0 Å². The fourth-order valence-corrected chi connectivity index (χ4v) is 2.29. The van der Waals surface area contributed by atoms with E-state index in [1.807, 2.05) is 0 Å². The number of ether oxygens (including phenoxy) is 1. The molecule has 0 amide bonds. The Morgan fingerprint density at radius 2 is 1.78 bits per heavy atom. The summed E-state index contributed by atoms with van der Waals surface area (Å²) >= 11 is 3.40. The van der Waals surface area contributed by atoms with E-state index in [0.717, 1.165) is 50.3 Å². The Morgan fingerprint density at radius 3 is 2.39 bits per heavy atom. The SMILES string of the molecule is CN1CCN(c2ccc(OCCCBr)cc2)CC1. The third-order valence-electron chi connectivity index (χ3n) is 3.25. The van der Waals surface area contributed by atoms with E-state index in [1.165, 1.54) is 5.69 Å². The van der Waals surface area contributed by atoms with Crippen LogP contribution < -0.4 is 9.64 Å². The van der Waals surface area contributed by atoms with E-state index in [9.17, 15) is 0 Å². The average Bonchev–Trinajstić information content (AvgIpc) is 2.41. The Morgan fingerprint density at radius 1 is 1.11 bits per heavy atom. The Kier molecular flexibility index (Phi) is 5.32. The lowest BCUT2D eigenvalue weighted by molar-refractivity contribution is 0.312. The zero-order valence-electron chi connectivity index (χ0n) is 10.9. The van der Waals surface area contributed by atoms with Crippen LogP contribution in [-0.2, 0) is 0 Å². The summed E-state index contributed by atoms with van der Waals surface area (Å²) in [6.07, 6.45) is 1.04. The van der Waals surface area contributed by atoms with Crippen molar-refractivity contribution in [3.05, 3.63) is 24.3 Å². The maximum atomic E-state index is 5.65. The van der Waals surface area contributed by atoms with E-state index in [1.54, 1.807) is 0 Å². The van der Waals surface area contributed by atoms with Gasteiger partial charge in [-0.2, -0.15) is 0 Å². The number of halogens is 1. The monoisotopic (exact) mass is 312 g/mol. The lowest BCUT2D eigenvalue weighted by atomic mass is 10.2. The molecule has 0 saturated carbocycles. The Bertz CT molecular complexity index is 347. The molecule has 1 aliphatic rings. The molecule has 4 heteroatoms. The van der Waals surface area contributed by atoms with Crippen molar-refractivity contribution in [2.45, 2.75) is 6.42 Å². The molecule has 0 radical (unpaired) electrons. The van der Waals surface area contributed by atoms with Gasteiger partial charge in [-0.3, -0.25) is 0 Å². The molecule has 0 unspecified atom stereocenters. The highest BCUT2D eigenvalue weighted by atomic mass is 79.9. The number of anilines is 1. The fraction of sp³-hybridized carbons (Fsp3) is 0.571. The Balaban J connectivity index is 1.87. The van der Waals surface area contributed by atoms with Crippen LogP contribution in [0.25, 0.3) is 0 Å². The fourth-order valence-electron chi connectivity index (χ4n) is 2.06. The van der Waals surface area contributed by atoms with Crippen LogP contribution in [0.2, 0.25) is 0 Å². The molecule has 0 spiro atoms. The topological polar surface area (TPSA) is 15.7 Å². The molecule has 1 heterocycles. The second-order valence-electron chi connectivity index (χ2n) is 4.68. The van der Waals surface area contributed by atoms with Gasteiger partial charge in [0.2, 0.25) is 0 Å². The number of hydrogen-bond acceptors (Lipinski definition) is 3. The maximum absolute atomic E-state index is 5.65. The van der Waals surface area contributed by atoms with Gasteiger partial charge in [-0.15, -0.1) is 0 Å². The van der Waals surface area contributed by atoms with Crippen LogP contribution in [0, 0.1) is 0 Å². The summed E-state index contributed by atoms with van der Waals surface area (Å²) in [6.45, 7) is 5.28. The van der Waals surface area contributed by atoms with E-state index < -0.39 is 0 Å². The lowest BCUT2D eigenvalue weighted by Gasteiger charge is -2.34. The number of rotatable bonds is 5. The van der Waals surface area contributed by atoms with Crippen molar-refractivity contribution in [1.82, 2.24) is 4.90 Å². The van der Waals surface area contributed by atoms with Crippen molar-refractivity contribution in [1.29, 1.82) is 0 Å². The number of piperazine rings is 1. The summed E-state index contributed by atoms with van der Waals surface area (Å²) in [5.41, 5.74) is 1.30. The molecule has 0 aromatic heterocycles. The van der Waals surface area contributed by atoms with Crippen molar-refractivity contribution in [3.8, 4) is 5.75 Å². The van der Waals surface area contributed by atoms with Crippen molar-refractivity contribution in [2.75, 3.05) is 50.1 Å². The molecule has 1 saturated heterocycles. The number of hydrogen-bond donors (Lipinski definition) is 0. The van der Waals surface area contributed by atoms with Gasteiger partial charge in [0.1, 0.15) is 5.75 Å². The third kappa shape index (κ3) is 3.89. The molecule has 0 bridgehead atoms.